The topological polar surface area (TPSA) is 60.0 Å². The minimum absolute atomic E-state index is 0.0674. The van der Waals surface area contributed by atoms with Gasteiger partial charge < -0.3 is 19.5 Å². The molecule has 1 atom stereocenters. The van der Waals surface area contributed by atoms with E-state index in [9.17, 15) is 4.79 Å². The van der Waals surface area contributed by atoms with Crippen molar-refractivity contribution in [3.05, 3.63) is 77.9 Å². The molecule has 0 saturated heterocycles. The number of amides is 1. The number of nitrogens with one attached hydrogen (secondary N) is 1. The monoisotopic (exact) mass is 374 g/mol. The van der Waals surface area contributed by atoms with E-state index in [1.807, 2.05) is 66.7 Å². The zero-order valence-electron chi connectivity index (χ0n) is 15.2. The van der Waals surface area contributed by atoms with Crippen LogP contribution in [0.15, 0.2) is 66.7 Å². The Bertz CT molecular complexity index is 1050. The van der Waals surface area contributed by atoms with Gasteiger partial charge in [-0.3, -0.25) is 9.69 Å². The van der Waals surface area contributed by atoms with E-state index < -0.39 is 0 Å². The zero-order chi connectivity index (χ0) is 19.1. The average molecular weight is 374 g/mol. The van der Waals surface area contributed by atoms with Crippen molar-refractivity contribution in [1.82, 2.24) is 0 Å². The standard InChI is InChI=1S/C22H18N2O4/c1-26-16-9-7-15(8-10-16)24-21(14-6-11-19-20(12-14)28-13-27-19)23-18-5-3-2-4-17(18)22(24)25/h2-12,21,23H,13H2,1H3. The molecule has 0 spiro atoms. The van der Waals surface area contributed by atoms with E-state index in [0.717, 1.165) is 22.7 Å². The molecular weight excluding hydrogens is 356 g/mol. The van der Waals surface area contributed by atoms with Gasteiger partial charge in [0.2, 0.25) is 6.79 Å². The van der Waals surface area contributed by atoms with E-state index in [0.29, 0.717) is 17.1 Å². The molecule has 0 fully saturated rings. The minimum atomic E-state index is -0.384. The van der Waals surface area contributed by atoms with E-state index >= 15 is 0 Å². The van der Waals surface area contributed by atoms with Crippen LogP contribution in [0.1, 0.15) is 22.1 Å². The van der Waals surface area contributed by atoms with Crippen molar-refractivity contribution in [3.63, 3.8) is 0 Å². The molecule has 3 aromatic carbocycles. The molecule has 2 heterocycles. The molecule has 0 bridgehead atoms. The smallest absolute Gasteiger partial charge is 0.262 e. The Morgan fingerprint density at radius 2 is 1.79 bits per heavy atom. The van der Waals surface area contributed by atoms with Gasteiger partial charge in [-0.2, -0.15) is 0 Å². The largest absolute Gasteiger partial charge is 0.497 e. The number of para-hydroxylation sites is 1. The van der Waals surface area contributed by atoms with Crippen LogP contribution in [0.5, 0.6) is 17.2 Å². The number of hydrogen-bond donors (Lipinski definition) is 1. The first kappa shape index (κ1) is 16.5. The van der Waals surface area contributed by atoms with Gasteiger partial charge in [-0.05, 0) is 54.1 Å². The molecule has 1 unspecified atom stereocenters. The minimum Gasteiger partial charge on any atom is -0.497 e. The Labute approximate surface area is 162 Å². The Morgan fingerprint density at radius 1 is 1.00 bits per heavy atom. The molecular formula is C22H18N2O4. The Balaban J connectivity index is 1.62. The van der Waals surface area contributed by atoms with Crippen molar-refractivity contribution >= 4 is 17.3 Å². The maximum atomic E-state index is 13.4. The lowest BCUT2D eigenvalue weighted by atomic mass is 10.0. The van der Waals surface area contributed by atoms with Gasteiger partial charge in [-0.1, -0.05) is 18.2 Å². The number of carbonyl (C=O) groups is 1. The van der Waals surface area contributed by atoms with Gasteiger partial charge in [-0.25, -0.2) is 0 Å². The van der Waals surface area contributed by atoms with Crippen LogP contribution in [0.4, 0.5) is 11.4 Å². The van der Waals surface area contributed by atoms with Gasteiger partial charge >= 0.3 is 0 Å². The first-order chi connectivity index (χ1) is 13.7. The van der Waals surface area contributed by atoms with Crippen LogP contribution in [0.2, 0.25) is 0 Å². The molecule has 28 heavy (non-hydrogen) atoms. The fourth-order valence-electron chi connectivity index (χ4n) is 3.58. The second-order valence-electron chi connectivity index (χ2n) is 6.58. The van der Waals surface area contributed by atoms with E-state index in [2.05, 4.69) is 5.32 Å². The first-order valence-electron chi connectivity index (χ1n) is 8.97. The highest BCUT2D eigenvalue weighted by Crippen LogP contribution is 2.40. The van der Waals surface area contributed by atoms with Crippen molar-refractivity contribution in [1.29, 1.82) is 0 Å². The van der Waals surface area contributed by atoms with Crippen molar-refractivity contribution in [2.24, 2.45) is 0 Å². The lowest BCUT2D eigenvalue weighted by molar-refractivity contribution is 0.0975. The lowest BCUT2D eigenvalue weighted by Gasteiger charge is -2.38. The summed E-state index contributed by atoms with van der Waals surface area (Å²) in [5.41, 5.74) is 3.12. The molecule has 0 aliphatic carbocycles. The summed E-state index contributed by atoms with van der Waals surface area (Å²) >= 11 is 0. The van der Waals surface area contributed by atoms with Crippen LogP contribution in [0.25, 0.3) is 0 Å². The van der Waals surface area contributed by atoms with Crippen LogP contribution < -0.4 is 24.4 Å². The van der Waals surface area contributed by atoms with E-state index in [-0.39, 0.29) is 18.9 Å². The number of nitrogens with zero attached hydrogens (tertiary/aromatic N) is 1. The zero-order valence-corrected chi connectivity index (χ0v) is 15.2. The van der Waals surface area contributed by atoms with Crippen molar-refractivity contribution in [2.75, 3.05) is 24.1 Å². The van der Waals surface area contributed by atoms with Gasteiger partial charge in [0.25, 0.3) is 5.91 Å². The summed E-state index contributed by atoms with van der Waals surface area (Å²) < 4.78 is 16.2. The van der Waals surface area contributed by atoms with Crippen LogP contribution in [0, 0.1) is 0 Å². The van der Waals surface area contributed by atoms with Crippen molar-refractivity contribution < 1.29 is 19.0 Å². The summed E-state index contributed by atoms with van der Waals surface area (Å²) in [6.07, 6.45) is -0.384. The number of ether oxygens (including phenoxy) is 3. The summed E-state index contributed by atoms with van der Waals surface area (Å²) in [4.78, 5) is 15.1. The molecule has 0 radical (unpaired) electrons. The highest BCUT2D eigenvalue weighted by molar-refractivity contribution is 6.12. The predicted molar refractivity (Wildman–Crippen MR) is 105 cm³/mol. The van der Waals surface area contributed by atoms with Crippen LogP contribution >= 0.6 is 0 Å². The summed E-state index contributed by atoms with van der Waals surface area (Å²) in [5.74, 6) is 2.06. The summed E-state index contributed by atoms with van der Waals surface area (Å²) in [5, 5.41) is 3.49. The van der Waals surface area contributed by atoms with E-state index in [4.69, 9.17) is 14.2 Å². The molecule has 1 amide bonds. The third-order valence-electron chi connectivity index (χ3n) is 4.99. The Morgan fingerprint density at radius 3 is 2.61 bits per heavy atom. The molecule has 3 aromatic rings. The van der Waals surface area contributed by atoms with Crippen LogP contribution in [0.3, 0.4) is 0 Å². The molecule has 6 nitrogen and oxygen atoms in total. The van der Waals surface area contributed by atoms with Gasteiger partial charge in [0.15, 0.2) is 11.5 Å². The average Bonchev–Trinajstić information content (AvgIpc) is 3.22. The molecule has 2 aliphatic heterocycles. The van der Waals surface area contributed by atoms with Crippen molar-refractivity contribution in [3.8, 4) is 17.2 Å². The summed E-state index contributed by atoms with van der Waals surface area (Å²) in [7, 11) is 1.62. The molecule has 0 aromatic heterocycles. The molecule has 5 rings (SSSR count). The van der Waals surface area contributed by atoms with Crippen molar-refractivity contribution in [2.45, 2.75) is 6.17 Å². The summed E-state index contributed by atoms with van der Waals surface area (Å²) in [6.45, 7) is 0.209. The maximum Gasteiger partial charge on any atom is 0.262 e. The van der Waals surface area contributed by atoms with E-state index in [1.165, 1.54) is 0 Å². The van der Waals surface area contributed by atoms with Crippen LogP contribution in [-0.2, 0) is 0 Å². The quantitative estimate of drug-likeness (QED) is 0.745. The van der Waals surface area contributed by atoms with Crippen LogP contribution in [-0.4, -0.2) is 19.8 Å². The second-order valence-corrected chi connectivity index (χ2v) is 6.58. The summed E-state index contributed by atoms with van der Waals surface area (Å²) in [6, 6.07) is 20.7. The predicted octanol–water partition coefficient (Wildman–Crippen LogP) is 4.20. The number of fused-ring (bicyclic) bond motifs is 2. The second kappa shape index (κ2) is 6.49. The third kappa shape index (κ3) is 2.62. The number of carbonyl (C=O) groups excluding carboxylic acids is 1. The fourth-order valence-corrected chi connectivity index (χ4v) is 3.58. The van der Waals surface area contributed by atoms with Gasteiger partial charge in [0.05, 0.1) is 12.7 Å². The molecule has 1 N–H and O–H groups in total. The number of benzene rings is 3. The molecule has 140 valence electrons. The maximum absolute atomic E-state index is 13.4. The van der Waals surface area contributed by atoms with E-state index in [1.54, 1.807) is 12.0 Å². The number of hydrogen-bond acceptors (Lipinski definition) is 5. The number of methoxy groups -OCH3 is 1. The first-order valence-corrected chi connectivity index (χ1v) is 8.97. The number of rotatable bonds is 3. The molecule has 6 heteroatoms. The fraction of sp³-hybridized carbons (Fsp3) is 0.136. The van der Waals surface area contributed by atoms with Gasteiger partial charge in [-0.15, -0.1) is 0 Å². The molecule has 0 saturated carbocycles. The highest BCUT2D eigenvalue weighted by Gasteiger charge is 2.34. The Hall–Kier alpha value is -3.67. The molecule has 2 aliphatic rings. The van der Waals surface area contributed by atoms with Gasteiger partial charge in [0, 0.05) is 11.4 Å². The lowest BCUT2D eigenvalue weighted by Crippen LogP contribution is -2.43. The van der Waals surface area contributed by atoms with Gasteiger partial charge in [0.1, 0.15) is 11.9 Å². The number of anilines is 2. The SMILES string of the molecule is COc1ccc(N2C(=O)c3ccccc3NC2c2ccc3c(c2)OCO3)cc1. The Kier molecular flexibility index (Phi) is 3.83. The third-order valence-corrected chi connectivity index (χ3v) is 4.99. The normalized spacial score (nSPS) is 17.1. The highest BCUT2D eigenvalue weighted by atomic mass is 16.7.